The number of hydrogen-bond acceptors (Lipinski definition) is 2. The Morgan fingerprint density at radius 3 is 2.69 bits per heavy atom. The molecule has 1 N–H and O–H groups in total. The molecule has 0 aliphatic heterocycles. The van der Waals surface area contributed by atoms with Crippen molar-refractivity contribution in [3.63, 3.8) is 0 Å². The van der Waals surface area contributed by atoms with E-state index in [2.05, 4.69) is 6.92 Å². The third-order valence-electron chi connectivity index (χ3n) is 2.40. The Labute approximate surface area is 100.0 Å². The monoisotopic (exact) mass is 242 g/mol. The summed E-state index contributed by atoms with van der Waals surface area (Å²) in [5.41, 5.74) is 1.04. The minimum absolute atomic E-state index is 0.104. The largest absolute Gasteiger partial charge is 0.496 e. The summed E-state index contributed by atoms with van der Waals surface area (Å²) in [5.74, 6) is -0.663. The maximum Gasteiger partial charge on any atom is 0.339 e. The van der Waals surface area contributed by atoms with Gasteiger partial charge in [-0.1, -0.05) is 24.9 Å². The molecule has 0 aliphatic carbocycles. The van der Waals surface area contributed by atoms with Crippen molar-refractivity contribution in [1.82, 2.24) is 0 Å². The van der Waals surface area contributed by atoms with Crippen molar-refractivity contribution >= 4 is 17.6 Å². The molecule has 1 aromatic carbocycles. The van der Waals surface area contributed by atoms with Crippen LogP contribution in [-0.4, -0.2) is 18.2 Å². The van der Waals surface area contributed by atoms with Crippen molar-refractivity contribution in [1.29, 1.82) is 0 Å². The number of aryl methyl sites for hydroxylation is 1. The molecule has 0 unspecified atom stereocenters. The first kappa shape index (κ1) is 12.8. The van der Waals surface area contributed by atoms with E-state index in [-0.39, 0.29) is 5.56 Å². The Kier molecular flexibility index (Phi) is 4.62. The van der Waals surface area contributed by atoms with Gasteiger partial charge in [0.1, 0.15) is 11.3 Å². The molecule has 1 aromatic rings. The summed E-state index contributed by atoms with van der Waals surface area (Å²) < 4.78 is 5.04. The molecule has 0 fully saturated rings. The van der Waals surface area contributed by atoms with Crippen molar-refractivity contribution in [2.75, 3.05) is 7.11 Å². The molecule has 0 spiro atoms. The molecule has 16 heavy (non-hydrogen) atoms. The van der Waals surface area contributed by atoms with E-state index >= 15 is 0 Å². The van der Waals surface area contributed by atoms with E-state index in [9.17, 15) is 4.79 Å². The second kappa shape index (κ2) is 5.75. The van der Waals surface area contributed by atoms with Gasteiger partial charge in [-0.3, -0.25) is 0 Å². The Morgan fingerprint density at radius 1 is 1.50 bits per heavy atom. The SMILES string of the molecule is CCCCc1cc(OC)c(C(=O)O)cc1Cl. The van der Waals surface area contributed by atoms with Crippen LogP contribution >= 0.6 is 11.6 Å². The summed E-state index contributed by atoms with van der Waals surface area (Å²) in [6.07, 6.45) is 2.93. The number of halogens is 1. The van der Waals surface area contributed by atoms with Gasteiger partial charge in [-0.15, -0.1) is 0 Å². The molecule has 0 aliphatic rings. The number of methoxy groups -OCH3 is 1. The van der Waals surface area contributed by atoms with Gasteiger partial charge >= 0.3 is 5.97 Å². The van der Waals surface area contributed by atoms with Gasteiger partial charge in [-0.05, 0) is 30.5 Å². The molecular weight excluding hydrogens is 228 g/mol. The van der Waals surface area contributed by atoms with E-state index in [4.69, 9.17) is 21.4 Å². The van der Waals surface area contributed by atoms with Crippen LogP contribution in [-0.2, 0) is 6.42 Å². The highest BCUT2D eigenvalue weighted by Crippen LogP contribution is 2.28. The zero-order chi connectivity index (χ0) is 12.1. The predicted octanol–water partition coefficient (Wildman–Crippen LogP) is 3.39. The van der Waals surface area contributed by atoms with Gasteiger partial charge < -0.3 is 9.84 Å². The lowest BCUT2D eigenvalue weighted by Gasteiger charge is -2.09. The van der Waals surface area contributed by atoms with Gasteiger partial charge in [0, 0.05) is 5.02 Å². The van der Waals surface area contributed by atoms with Crippen LogP contribution in [0.5, 0.6) is 5.75 Å². The van der Waals surface area contributed by atoms with Gasteiger partial charge in [0.15, 0.2) is 0 Å². The molecule has 88 valence electrons. The van der Waals surface area contributed by atoms with E-state index in [1.54, 1.807) is 6.07 Å². The second-order valence-corrected chi connectivity index (χ2v) is 3.96. The average molecular weight is 243 g/mol. The number of unbranched alkanes of at least 4 members (excludes halogenated alkanes) is 1. The minimum Gasteiger partial charge on any atom is -0.496 e. The fourth-order valence-corrected chi connectivity index (χ4v) is 1.75. The van der Waals surface area contributed by atoms with Crippen molar-refractivity contribution in [3.8, 4) is 5.75 Å². The minimum atomic E-state index is -1.03. The number of rotatable bonds is 5. The third-order valence-corrected chi connectivity index (χ3v) is 2.75. The molecule has 0 atom stereocenters. The summed E-state index contributed by atoms with van der Waals surface area (Å²) >= 11 is 6.02. The lowest BCUT2D eigenvalue weighted by molar-refractivity contribution is 0.0693. The van der Waals surface area contributed by atoms with Crippen LogP contribution in [0, 0.1) is 0 Å². The number of carboxylic acids is 1. The summed E-state index contributed by atoms with van der Waals surface area (Å²) in [6.45, 7) is 2.09. The highest BCUT2D eigenvalue weighted by Gasteiger charge is 2.14. The summed E-state index contributed by atoms with van der Waals surface area (Å²) in [5, 5.41) is 9.44. The first-order valence-corrected chi connectivity index (χ1v) is 5.57. The lowest BCUT2D eigenvalue weighted by atomic mass is 10.1. The second-order valence-electron chi connectivity index (χ2n) is 3.55. The topological polar surface area (TPSA) is 46.5 Å². The number of benzene rings is 1. The molecule has 1 rings (SSSR count). The predicted molar refractivity (Wildman–Crippen MR) is 63.6 cm³/mol. The van der Waals surface area contributed by atoms with Gasteiger partial charge in [-0.25, -0.2) is 4.79 Å². The molecule has 0 aromatic heterocycles. The molecular formula is C12H15ClO3. The Bertz CT molecular complexity index is 388. The van der Waals surface area contributed by atoms with Gasteiger partial charge in [-0.2, -0.15) is 0 Å². The zero-order valence-corrected chi connectivity index (χ0v) is 10.2. The number of carboxylic acid groups (broad SMARTS) is 1. The highest BCUT2D eigenvalue weighted by molar-refractivity contribution is 6.31. The van der Waals surface area contributed by atoms with E-state index in [1.165, 1.54) is 13.2 Å². The van der Waals surface area contributed by atoms with Crippen LogP contribution in [0.1, 0.15) is 35.7 Å². The number of ether oxygens (including phenoxy) is 1. The quantitative estimate of drug-likeness (QED) is 0.861. The van der Waals surface area contributed by atoms with E-state index < -0.39 is 5.97 Å². The van der Waals surface area contributed by atoms with Crippen molar-refractivity contribution in [2.24, 2.45) is 0 Å². The van der Waals surface area contributed by atoms with Crippen LogP contribution in [0.4, 0.5) is 0 Å². The van der Waals surface area contributed by atoms with Crippen LogP contribution in [0.25, 0.3) is 0 Å². The summed E-state index contributed by atoms with van der Waals surface area (Å²) in [6, 6.07) is 3.16. The molecule has 3 nitrogen and oxygen atoms in total. The standard InChI is InChI=1S/C12H15ClO3/c1-3-4-5-8-6-11(16-2)9(12(14)15)7-10(8)13/h6-7H,3-5H2,1-2H3,(H,14,15). The Hall–Kier alpha value is -1.22. The molecule has 0 radical (unpaired) electrons. The maximum absolute atomic E-state index is 10.9. The zero-order valence-electron chi connectivity index (χ0n) is 9.42. The Balaban J connectivity index is 3.10. The molecule has 0 saturated heterocycles. The van der Waals surface area contributed by atoms with E-state index in [0.717, 1.165) is 24.8 Å². The maximum atomic E-state index is 10.9. The number of hydrogen-bond donors (Lipinski definition) is 1. The van der Waals surface area contributed by atoms with Crippen molar-refractivity contribution in [3.05, 3.63) is 28.3 Å². The van der Waals surface area contributed by atoms with Gasteiger partial charge in [0.05, 0.1) is 7.11 Å². The van der Waals surface area contributed by atoms with Crippen molar-refractivity contribution < 1.29 is 14.6 Å². The van der Waals surface area contributed by atoms with E-state index in [1.807, 2.05) is 0 Å². The third kappa shape index (κ3) is 2.89. The lowest BCUT2D eigenvalue weighted by Crippen LogP contribution is -2.02. The Morgan fingerprint density at radius 2 is 2.19 bits per heavy atom. The fourth-order valence-electron chi connectivity index (χ4n) is 1.49. The van der Waals surface area contributed by atoms with Crippen LogP contribution in [0.3, 0.4) is 0 Å². The van der Waals surface area contributed by atoms with Crippen molar-refractivity contribution in [2.45, 2.75) is 26.2 Å². The summed E-state index contributed by atoms with van der Waals surface area (Å²) in [7, 11) is 1.46. The first-order valence-electron chi connectivity index (χ1n) is 5.19. The molecule has 4 heteroatoms. The smallest absolute Gasteiger partial charge is 0.339 e. The average Bonchev–Trinajstić information content (AvgIpc) is 2.26. The summed E-state index contributed by atoms with van der Waals surface area (Å²) in [4.78, 5) is 10.9. The number of aromatic carboxylic acids is 1. The van der Waals surface area contributed by atoms with Gasteiger partial charge in [0.2, 0.25) is 0 Å². The van der Waals surface area contributed by atoms with E-state index in [0.29, 0.717) is 10.8 Å². The highest BCUT2D eigenvalue weighted by atomic mass is 35.5. The van der Waals surface area contributed by atoms with Crippen LogP contribution in [0.15, 0.2) is 12.1 Å². The van der Waals surface area contributed by atoms with Gasteiger partial charge in [0.25, 0.3) is 0 Å². The normalized spacial score (nSPS) is 10.2. The molecule has 0 saturated carbocycles. The van der Waals surface area contributed by atoms with Crippen LogP contribution in [0.2, 0.25) is 5.02 Å². The van der Waals surface area contributed by atoms with Crippen LogP contribution < -0.4 is 4.74 Å². The number of carbonyl (C=O) groups is 1. The molecule has 0 bridgehead atoms. The molecule has 0 heterocycles. The molecule has 0 amide bonds. The fraction of sp³-hybridized carbons (Fsp3) is 0.417. The first-order chi connectivity index (χ1) is 7.60.